The zero-order valence-corrected chi connectivity index (χ0v) is 19.1. The van der Waals surface area contributed by atoms with Crippen LogP contribution >= 0.6 is 11.8 Å². The van der Waals surface area contributed by atoms with Crippen LogP contribution in [-0.4, -0.2) is 27.8 Å². The highest BCUT2D eigenvalue weighted by Crippen LogP contribution is 2.23. The third-order valence-corrected chi connectivity index (χ3v) is 6.28. The fraction of sp³-hybridized carbons (Fsp3) is 0.192. The molecule has 0 atom stereocenters. The Balaban J connectivity index is 1.54. The predicted octanol–water partition coefficient (Wildman–Crippen LogP) is 4.54. The van der Waals surface area contributed by atoms with Crippen molar-refractivity contribution in [3.05, 3.63) is 100 Å². The molecule has 0 saturated heterocycles. The number of aryl methyl sites for hydroxylation is 1. The second-order valence-corrected chi connectivity index (χ2v) is 8.49. The molecule has 1 N–H and O–H groups in total. The number of hydrogen-bond donors (Lipinski definition) is 1. The summed E-state index contributed by atoms with van der Waals surface area (Å²) in [6, 6.07) is 21.2. The van der Waals surface area contributed by atoms with Gasteiger partial charge in [0.25, 0.3) is 5.56 Å². The summed E-state index contributed by atoms with van der Waals surface area (Å²) >= 11 is 1.24. The van der Waals surface area contributed by atoms with Crippen LogP contribution in [0.3, 0.4) is 0 Å². The quantitative estimate of drug-likeness (QED) is 0.309. The van der Waals surface area contributed by atoms with Gasteiger partial charge in [-0.25, -0.2) is 9.37 Å². The maximum Gasteiger partial charge on any atom is 0.266 e. The molecule has 168 valence electrons. The Morgan fingerprint density at radius 2 is 1.76 bits per heavy atom. The van der Waals surface area contributed by atoms with Crippen LogP contribution < -0.4 is 10.9 Å². The number of hydrogen-bond acceptors (Lipinski definition) is 4. The van der Waals surface area contributed by atoms with Crippen LogP contribution in [-0.2, 0) is 17.6 Å². The summed E-state index contributed by atoms with van der Waals surface area (Å²) in [4.78, 5) is 30.6. The number of carbonyl (C=O) groups is 1. The number of halogens is 1. The molecule has 0 aliphatic carbocycles. The highest BCUT2D eigenvalue weighted by Gasteiger charge is 2.16. The average molecular weight is 462 g/mol. The van der Waals surface area contributed by atoms with Crippen molar-refractivity contribution in [1.82, 2.24) is 14.9 Å². The largest absolute Gasteiger partial charge is 0.355 e. The van der Waals surface area contributed by atoms with E-state index in [9.17, 15) is 14.0 Å². The van der Waals surface area contributed by atoms with Gasteiger partial charge in [0.1, 0.15) is 5.82 Å². The summed E-state index contributed by atoms with van der Waals surface area (Å²) in [6.07, 6.45) is 1.38. The molecule has 0 fully saturated rings. The number of thioether (sulfide) groups is 1. The number of aromatic nitrogens is 2. The highest BCUT2D eigenvalue weighted by atomic mass is 32.2. The molecule has 0 spiro atoms. The molecule has 4 rings (SSSR count). The molecule has 0 aliphatic heterocycles. The smallest absolute Gasteiger partial charge is 0.266 e. The molecule has 33 heavy (non-hydrogen) atoms. The lowest BCUT2D eigenvalue weighted by Gasteiger charge is -2.16. The van der Waals surface area contributed by atoms with Crippen LogP contribution in [0.2, 0.25) is 0 Å². The first-order valence-corrected chi connectivity index (χ1v) is 11.8. The predicted molar refractivity (Wildman–Crippen MR) is 131 cm³/mol. The van der Waals surface area contributed by atoms with Crippen molar-refractivity contribution in [2.75, 3.05) is 12.3 Å². The maximum absolute atomic E-state index is 13.4. The lowest BCUT2D eigenvalue weighted by atomic mass is 10.1. The molecule has 1 heterocycles. The minimum absolute atomic E-state index is 0.127. The van der Waals surface area contributed by atoms with E-state index in [1.807, 2.05) is 43.3 Å². The summed E-state index contributed by atoms with van der Waals surface area (Å²) in [5.74, 6) is -0.305. The number of fused-ring (bicyclic) bond motifs is 1. The SMILES string of the molecule is CCc1ccccc1-n1c(SCC(=O)NCCc2ccc(F)cc2)nc2ccccc2c1=O. The summed E-state index contributed by atoms with van der Waals surface area (Å²) in [5.41, 5.74) is 3.21. The minimum atomic E-state index is -0.280. The van der Waals surface area contributed by atoms with Crippen LogP contribution in [0.1, 0.15) is 18.1 Å². The Bertz CT molecular complexity index is 1340. The second-order valence-electron chi connectivity index (χ2n) is 7.55. The summed E-state index contributed by atoms with van der Waals surface area (Å²) in [5, 5.41) is 3.90. The number of nitrogens with zero attached hydrogens (tertiary/aromatic N) is 2. The van der Waals surface area contributed by atoms with E-state index in [-0.39, 0.29) is 23.0 Å². The first-order valence-electron chi connectivity index (χ1n) is 10.8. The van der Waals surface area contributed by atoms with Crippen molar-refractivity contribution in [3.8, 4) is 5.69 Å². The lowest BCUT2D eigenvalue weighted by molar-refractivity contribution is -0.118. The Kier molecular flexibility index (Phi) is 7.19. The molecule has 4 aromatic rings. The summed E-state index contributed by atoms with van der Waals surface area (Å²) < 4.78 is 14.6. The average Bonchev–Trinajstić information content (AvgIpc) is 2.84. The van der Waals surface area contributed by atoms with Crippen molar-refractivity contribution < 1.29 is 9.18 Å². The number of amides is 1. The van der Waals surface area contributed by atoms with E-state index in [2.05, 4.69) is 5.32 Å². The molecular weight excluding hydrogens is 437 g/mol. The van der Waals surface area contributed by atoms with E-state index in [1.165, 1.54) is 23.9 Å². The minimum Gasteiger partial charge on any atom is -0.355 e. The van der Waals surface area contributed by atoms with Gasteiger partial charge in [0.2, 0.25) is 5.91 Å². The molecule has 1 aromatic heterocycles. The number of benzene rings is 3. The molecule has 0 aliphatic rings. The summed E-state index contributed by atoms with van der Waals surface area (Å²) in [6.45, 7) is 2.49. The molecule has 0 radical (unpaired) electrons. The third kappa shape index (κ3) is 5.31. The first kappa shape index (κ1) is 22.7. The molecule has 0 bridgehead atoms. The molecule has 5 nitrogen and oxygen atoms in total. The molecule has 0 unspecified atom stereocenters. The fourth-order valence-electron chi connectivity index (χ4n) is 3.63. The number of nitrogens with one attached hydrogen (secondary N) is 1. The number of carbonyl (C=O) groups excluding carboxylic acids is 1. The van der Waals surface area contributed by atoms with Crippen molar-refractivity contribution in [1.29, 1.82) is 0 Å². The van der Waals surface area contributed by atoms with Gasteiger partial charge in [0, 0.05) is 6.54 Å². The van der Waals surface area contributed by atoms with Crippen LogP contribution in [0.4, 0.5) is 4.39 Å². The van der Waals surface area contributed by atoms with Gasteiger partial charge in [-0.05, 0) is 54.3 Å². The molecule has 7 heteroatoms. The van der Waals surface area contributed by atoms with Gasteiger partial charge in [-0.1, -0.05) is 61.2 Å². The van der Waals surface area contributed by atoms with E-state index in [4.69, 9.17) is 4.98 Å². The van der Waals surface area contributed by atoms with Crippen molar-refractivity contribution in [2.45, 2.75) is 24.9 Å². The van der Waals surface area contributed by atoms with Gasteiger partial charge in [-0.15, -0.1) is 0 Å². The van der Waals surface area contributed by atoms with E-state index in [0.29, 0.717) is 29.0 Å². The normalized spacial score (nSPS) is 11.0. The zero-order chi connectivity index (χ0) is 23.2. The second kappa shape index (κ2) is 10.4. The first-order chi connectivity index (χ1) is 16.1. The number of para-hydroxylation sites is 2. The monoisotopic (exact) mass is 461 g/mol. The van der Waals surface area contributed by atoms with Gasteiger partial charge >= 0.3 is 0 Å². The van der Waals surface area contributed by atoms with Crippen LogP contribution in [0.25, 0.3) is 16.6 Å². The molecular formula is C26H24FN3O2S. The van der Waals surface area contributed by atoms with Crippen LogP contribution in [0, 0.1) is 5.82 Å². The Hall–Kier alpha value is -3.45. The van der Waals surface area contributed by atoms with E-state index >= 15 is 0 Å². The van der Waals surface area contributed by atoms with Crippen LogP contribution in [0.5, 0.6) is 0 Å². The van der Waals surface area contributed by atoms with Gasteiger partial charge in [-0.2, -0.15) is 0 Å². The Labute approximate surface area is 195 Å². The number of rotatable bonds is 8. The van der Waals surface area contributed by atoms with Gasteiger partial charge in [0.05, 0.1) is 22.3 Å². The third-order valence-electron chi connectivity index (χ3n) is 5.34. The van der Waals surface area contributed by atoms with Crippen molar-refractivity contribution in [3.63, 3.8) is 0 Å². The van der Waals surface area contributed by atoms with Crippen molar-refractivity contribution in [2.24, 2.45) is 0 Å². The molecule has 1 amide bonds. The van der Waals surface area contributed by atoms with Crippen LogP contribution in [0.15, 0.2) is 82.7 Å². The van der Waals surface area contributed by atoms with Gasteiger partial charge in [0.15, 0.2) is 5.16 Å². The van der Waals surface area contributed by atoms with Crippen molar-refractivity contribution >= 4 is 28.6 Å². The standard InChI is InChI=1S/C26H24FN3O2S/c1-2-19-7-3-6-10-23(19)30-25(32)21-8-4-5-9-22(21)29-26(30)33-17-24(31)28-16-15-18-11-13-20(27)14-12-18/h3-14H,2,15-17H2,1H3,(H,28,31). The van der Waals surface area contributed by atoms with Gasteiger partial charge in [-0.3, -0.25) is 14.2 Å². The maximum atomic E-state index is 13.4. The lowest BCUT2D eigenvalue weighted by Crippen LogP contribution is -2.28. The zero-order valence-electron chi connectivity index (χ0n) is 18.3. The van der Waals surface area contributed by atoms with E-state index in [1.54, 1.807) is 28.8 Å². The highest BCUT2D eigenvalue weighted by molar-refractivity contribution is 7.99. The van der Waals surface area contributed by atoms with E-state index < -0.39 is 0 Å². The molecule has 0 saturated carbocycles. The molecule has 3 aromatic carbocycles. The Morgan fingerprint density at radius 3 is 2.55 bits per heavy atom. The summed E-state index contributed by atoms with van der Waals surface area (Å²) in [7, 11) is 0. The topological polar surface area (TPSA) is 64.0 Å². The van der Waals surface area contributed by atoms with Gasteiger partial charge < -0.3 is 5.32 Å². The Morgan fingerprint density at radius 1 is 1.03 bits per heavy atom. The van der Waals surface area contributed by atoms with E-state index in [0.717, 1.165) is 23.2 Å². The fourth-order valence-corrected chi connectivity index (χ4v) is 4.46.